The lowest BCUT2D eigenvalue weighted by Crippen LogP contribution is -2.23. The van der Waals surface area contributed by atoms with Crippen LogP contribution in [0.15, 0.2) is 30.7 Å². The van der Waals surface area contributed by atoms with E-state index in [1.807, 2.05) is 50.1 Å². The van der Waals surface area contributed by atoms with Crippen molar-refractivity contribution >= 4 is 0 Å². The molecule has 0 radical (unpaired) electrons. The van der Waals surface area contributed by atoms with Gasteiger partial charge in [-0.15, -0.1) is 0 Å². The SMILES string of the molecule is CCNC(c1cncc(OC(C)C)c1)c1ccn(C)n1. The first-order valence-electron chi connectivity index (χ1n) is 6.94. The Morgan fingerprint density at radius 2 is 2.15 bits per heavy atom. The number of ether oxygens (including phenoxy) is 1. The average molecular weight is 274 g/mol. The van der Waals surface area contributed by atoms with Gasteiger partial charge in [0.15, 0.2) is 0 Å². The first kappa shape index (κ1) is 14.5. The van der Waals surface area contributed by atoms with E-state index in [1.54, 1.807) is 6.20 Å². The molecule has 0 aliphatic carbocycles. The van der Waals surface area contributed by atoms with Gasteiger partial charge in [0.25, 0.3) is 0 Å². The second-order valence-corrected chi connectivity index (χ2v) is 5.03. The number of aryl methyl sites for hydroxylation is 1. The van der Waals surface area contributed by atoms with Gasteiger partial charge in [-0.3, -0.25) is 9.67 Å². The first-order chi connectivity index (χ1) is 9.60. The Morgan fingerprint density at radius 1 is 1.35 bits per heavy atom. The summed E-state index contributed by atoms with van der Waals surface area (Å²) in [6.07, 6.45) is 5.68. The summed E-state index contributed by atoms with van der Waals surface area (Å²) in [6, 6.07) is 4.07. The molecule has 5 heteroatoms. The summed E-state index contributed by atoms with van der Waals surface area (Å²) >= 11 is 0. The molecule has 0 amide bonds. The molecule has 20 heavy (non-hydrogen) atoms. The largest absolute Gasteiger partial charge is 0.489 e. The molecule has 1 unspecified atom stereocenters. The highest BCUT2D eigenvalue weighted by Gasteiger charge is 2.16. The normalized spacial score (nSPS) is 12.7. The molecule has 0 saturated carbocycles. The van der Waals surface area contributed by atoms with E-state index < -0.39 is 0 Å². The highest BCUT2D eigenvalue weighted by Crippen LogP contribution is 2.23. The maximum atomic E-state index is 5.71. The predicted octanol–water partition coefficient (Wildman–Crippen LogP) is 2.30. The highest BCUT2D eigenvalue weighted by atomic mass is 16.5. The van der Waals surface area contributed by atoms with E-state index in [2.05, 4.69) is 22.3 Å². The van der Waals surface area contributed by atoms with Crippen molar-refractivity contribution in [2.24, 2.45) is 7.05 Å². The molecule has 108 valence electrons. The van der Waals surface area contributed by atoms with Crippen LogP contribution in [0, 0.1) is 0 Å². The van der Waals surface area contributed by atoms with Crippen LogP contribution in [-0.2, 0) is 7.05 Å². The molecule has 2 aromatic heterocycles. The number of nitrogens with one attached hydrogen (secondary N) is 1. The zero-order chi connectivity index (χ0) is 14.5. The molecule has 5 nitrogen and oxygen atoms in total. The zero-order valence-electron chi connectivity index (χ0n) is 12.5. The Morgan fingerprint density at radius 3 is 2.75 bits per heavy atom. The highest BCUT2D eigenvalue weighted by molar-refractivity contribution is 5.31. The first-order valence-corrected chi connectivity index (χ1v) is 6.94. The quantitative estimate of drug-likeness (QED) is 0.878. The van der Waals surface area contributed by atoms with Crippen LogP contribution in [0.3, 0.4) is 0 Å². The summed E-state index contributed by atoms with van der Waals surface area (Å²) in [5.41, 5.74) is 2.04. The van der Waals surface area contributed by atoms with E-state index in [-0.39, 0.29) is 12.1 Å². The average Bonchev–Trinajstić information content (AvgIpc) is 2.82. The van der Waals surface area contributed by atoms with Crippen molar-refractivity contribution in [3.05, 3.63) is 42.0 Å². The fourth-order valence-corrected chi connectivity index (χ4v) is 2.11. The topological polar surface area (TPSA) is 52.0 Å². The lowest BCUT2D eigenvalue weighted by atomic mass is 10.1. The van der Waals surface area contributed by atoms with Crippen LogP contribution in [0.5, 0.6) is 5.75 Å². The molecule has 0 fully saturated rings. The van der Waals surface area contributed by atoms with Gasteiger partial charge in [0.1, 0.15) is 5.75 Å². The Labute approximate surface area is 120 Å². The molecule has 2 rings (SSSR count). The van der Waals surface area contributed by atoms with Gasteiger partial charge in [0, 0.05) is 19.4 Å². The molecule has 0 spiro atoms. The minimum Gasteiger partial charge on any atom is -0.489 e. The fraction of sp³-hybridized carbons (Fsp3) is 0.467. The zero-order valence-corrected chi connectivity index (χ0v) is 12.5. The monoisotopic (exact) mass is 274 g/mol. The molecule has 0 aromatic carbocycles. The minimum atomic E-state index is 0.0319. The van der Waals surface area contributed by atoms with Crippen LogP contribution in [0.1, 0.15) is 38.1 Å². The maximum Gasteiger partial charge on any atom is 0.138 e. The second-order valence-electron chi connectivity index (χ2n) is 5.03. The second kappa shape index (κ2) is 6.52. The van der Waals surface area contributed by atoms with Crippen LogP contribution in [0.4, 0.5) is 0 Å². The number of hydrogen-bond acceptors (Lipinski definition) is 4. The van der Waals surface area contributed by atoms with Crippen LogP contribution in [0.2, 0.25) is 0 Å². The maximum absolute atomic E-state index is 5.71. The summed E-state index contributed by atoms with van der Waals surface area (Å²) in [7, 11) is 1.92. The third-order valence-electron chi connectivity index (χ3n) is 2.88. The smallest absolute Gasteiger partial charge is 0.138 e. The predicted molar refractivity (Wildman–Crippen MR) is 78.7 cm³/mol. The van der Waals surface area contributed by atoms with Gasteiger partial charge >= 0.3 is 0 Å². The van der Waals surface area contributed by atoms with Crippen molar-refractivity contribution in [2.75, 3.05) is 6.54 Å². The van der Waals surface area contributed by atoms with Crippen molar-refractivity contribution < 1.29 is 4.74 Å². The van der Waals surface area contributed by atoms with Crippen molar-refractivity contribution in [3.63, 3.8) is 0 Å². The number of nitrogens with zero attached hydrogens (tertiary/aromatic N) is 3. The van der Waals surface area contributed by atoms with Gasteiger partial charge in [-0.2, -0.15) is 5.10 Å². The molecule has 2 heterocycles. The van der Waals surface area contributed by atoms with Gasteiger partial charge in [-0.05, 0) is 38.1 Å². The van der Waals surface area contributed by atoms with Gasteiger partial charge in [-0.25, -0.2) is 0 Å². The van der Waals surface area contributed by atoms with Crippen LogP contribution >= 0.6 is 0 Å². The van der Waals surface area contributed by atoms with Crippen molar-refractivity contribution in [2.45, 2.75) is 32.9 Å². The standard InChI is InChI=1S/C15H22N4O/c1-5-17-15(14-6-7-19(4)18-14)12-8-13(10-16-9-12)20-11(2)3/h6-11,15,17H,5H2,1-4H3. The van der Waals surface area contributed by atoms with Gasteiger partial charge < -0.3 is 10.1 Å². The number of aromatic nitrogens is 3. The van der Waals surface area contributed by atoms with E-state index >= 15 is 0 Å². The molecule has 1 atom stereocenters. The molecule has 0 saturated heterocycles. The summed E-state index contributed by atoms with van der Waals surface area (Å²) in [5.74, 6) is 0.788. The van der Waals surface area contributed by atoms with E-state index in [0.29, 0.717) is 0 Å². The summed E-state index contributed by atoms with van der Waals surface area (Å²) in [5, 5.41) is 7.92. The van der Waals surface area contributed by atoms with Gasteiger partial charge in [-0.1, -0.05) is 6.92 Å². The molecule has 1 N–H and O–H groups in total. The third-order valence-corrected chi connectivity index (χ3v) is 2.88. The Kier molecular flexibility index (Phi) is 4.74. The molecule has 2 aromatic rings. The van der Waals surface area contributed by atoms with E-state index in [4.69, 9.17) is 4.74 Å². The molecule has 0 aliphatic heterocycles. The van der Waals surface area contributed by atoms with Crippen LogP contribution in [-0.4, -0.2) is 27.4 Å². The van der Waals surface area contributed by atoms with Crippen molar-refractivity contribution in [1.82, 2.24) is 20.1 Å². The summed E-state index contributed by atoms with van der Waals surface area (Å²) < 4.78 is 7.52. The lowest BCUT2D eigenvalue weighted by Gasteiger charge is -2.17. The number of pyridine rings is 1. The van der Waals surface area contributed by atoms with E-state index in [9.17, 15) is 0 Å². The molecular weight excluding hydrogens is 252 g/mol. The lowest BCUT2D eigenvalue weighted by molar-refractivity contribution is 0.241. The molecule has 0 aliphatic rings. The number of hydrogen-bond donors (Lipinski definition) is 1. The Bertz CT molecular complexity index is 550. The fourth-order valence-electron chi connectivity index (χ4n) is 2.11. The van der Waals surface area contributed by atoms with Crippen LogP contribution in [0.25, 0.3) is 0 Å². The van der Waals surface area contributed by atoms with Gasteiger partial charge in [0.05, 0.1) is 24.0 Å². The summed E-state index contributed by atoms with van der Waals surface area (Å²) in [4.78, 5) is 4.27. The third kappa shape index (κ3) is 3.57. The minimum absolute atomic E-state index is 0.0319. The molecule has 0 bridgehead atoms. The van der Waals surface area contributed by atoms with Crippen molar-refractivity contribution in [3.8, 4) is 5.75 Å². The van der Waals surface area contributed by atoms with E-state index in [0.717, 1.165) is 23.6 Å². The van der Waals surface area contributed by atoms with Crippen molar-refractivity contribution in [1.29, 1.82) is 0 Å². The number of rotatable bonds is 6. The van der Waals surface area contributed by atoms with E-state index in [1.165, 1.54) is 0 Å². The molecular formula is C15H22N4O. The Hall–Kier alpha value is -1.88. The van der Waals surface area contributed by atoms with Crippen LogP contribution < -0.4 is 10.1 Å². The summed E-state index contributed by atoms with van der Waals surface area (Å²) in [6.45, 7) is 6.95. The Balaban J connectivity index is 2.29. The van der Waals surface area contributed by atoms with Gasteiger partial charge in [0.2, 0.25) is 0 Å².